The van der Waals surface area contributed by atoms with E-state index in [9.17, 15) is 14.4 Å². The highest BCUT2D eigenvalue weighted by Gasteiger charge is 2.36. The first kappa shape index (κ1) is 15.2. The first-order valence-corrected chi connectivity index (χ1v) is 6.91. The smallest absolute Gasteiger partial charge is 0.320 e. The van der Waals surface area contributed by atoms with Crippen molar-refractivity contribution in [2.75, 3.05) is 26.4 Å². The summed E-state index contributed by atoms with van der Waals surface area (Å²) < 4.78 is 4.89. The molecule has 0 saturated heterocycles. The molecule has 0 saturated carbocycles. The molecule has 0 radical (unpaired) electrons. The minimum atomic E-state index is -0.365. The number of benzene rings is 1. The molecule has 1 aromatic rings. The molecule has 0 N–H and O–H groups in total. The van der Waals surface area contributed by atoms with Crippen molar-refractivity contribution in [3.63, 3.8) is 0 Å². The van der Waals surface area contributed by atoms with Crippen LogP contribution in [0.1, 0.15) is 34.6 Å². The van der Waals surface area contributed by atoms with Gasteiger partial charge in [-0.2, -0.15) is 0 Å². The molecule has 112 valence electrons. The van der Waals surface area contributed by atoms with E-state index < -0.39 is 0 Å². The molecule has 1 aliphatic rings. The summed E-state index contributed by atoms with van der Waals surface area (Å²) in [5, 5.41) is 0. The van der Waals surface area contributed by atoms with E-state index >= 15 is 0 Å². The molecule has 0 aromatic heterocycles. The van der Waals surface area contributed by atoms with Gasteiger partial charge in [0.05, 0.1) is 30.9 Å². The second-order valence-corrected chi connectivity index (χ2v) is 4.68. The highest BCUT2D eigenvalue weighted by molar-refractivity contribution is 6.21. The van der Waals surface area contributed by atoms with Crippen LogP contribution >= 0.6 is 0 Å². The van der Waals surface area contributed by atoms with Crippen molar-refractivity contribution >= 4 is 17.8 Å². The fourth-order valence-corrected chi connectivity index (χ4v) is 2.22. The van der Waals surface area contributed by atoms with Crippen LogP contribution in [-0.2, 0) is 9.53 Å². The van der Waals surface area contributed by atoms with E-state index in [4.69, 9.17) is 4.74 Å². The van der Waals surface area contributed by atoms with Gasteiger partial charge in [0, 0.05) is 0 Å². The molecule has 1 heterocycles. The van der Waals surface area contributed by atoms with Crippen LogP contribution in [0.15, 0.2) is 24.3 Å². The van der Waals surface area contributed by atoms with Gasteiger partial charge in [-0.3, -0.25) is 24.2 Å². The highest BCUT2D eigenvalue weighted by atomic mass is 16.5. The summed E-state index contributed by atoms with van der Waals surface area (Å²) in [6.07, 6.45) is 0. The SMILES string of the molecule is CCOC(=O)CN(CC)CN1C(=O)c2ccccc2C1=O. The topological polar surface area (TPSA) is 66.9 Å². The molecule has 2 amide bonds. The van der Waals surface area contributed by atoms with Crippen LogP contribution in [-0.4, -0.2) is 53.9 Å². The van der Waals surface area contributed by atoms with Crippen molar-refractivity contribution in [3.8, 4) is 0 Å². The van der Waals surface area contributed by atoms with Crippen molar-refractivity contribution < 1.29 is 19.1 Å². The van der Waals surface area contributed by atoms with Crippen LogP contribution in [0.25, 0.3) is 0 Å². The molecule has 1 aliphatic heterocycles. The van der Waals surface area contributed by atoms with Gasteiger partial charge < -0.3 is 4.74 Å². The van der Waals surface area contributed by atoms with E-state index in [-0.39, 0.29) is 31.0 Å². The number of fused-ring (bicyclic) bond motifs is 1. The Labute approximate surface area is 123 Å². The second-order valence-electron chi connectivity index (χ2n) is 4.68. The van der Waals surface area contributed by atoms with Gasteiger partial charge in [-0.05, 0) is 25.6 Å². The lowest BCUT2D eigenvalue weighted by atomic mass is 10.1. The summed E-state index contributed by atoms with van der Waals surface area (Å²) >= 11 is 0. The molecular formula is C15H18N2O4. The first-order valence-electron chi connectivity index (χ1n) is 6.91. The Morgan fingerprint density at radius 2 is 1.71 bits per heavy atom. The lowest BCUT2D eigenvalue weighted by molar-refractivity contribution is -0.144. The van der Waals surface area contributed by atoms with E-state index in [1.165, 1.54) is 0 Å². The Kier molecular flexibility index (Phi) is 4.70. The summed E-state index contributed by atoms with van der Waals surface area (Å²) in [4.78, 5) is 38.8. The Bertz CT molecular complexity index is 536. The third kappa shape index (κ3) is 3.11. The van der Waals surface area contributed by atoms with E-state index in [0.29, 0.717) is 24.3 Å². The number of amides is 2. The Morgan fingerprint density at radius 3 is 2.19 bits per heavy atom. The average molecular weight is 290 g/mol. The van der Waals surface area contributed by atoms with Gasteiger partial charge in [0.2, 0.25) is 0 Å². The van der Waals surface area contributed by atoms with Crippen molar-refractivity contribution in [1.82, 2.24) is 9.80 Å². The maximum Gasteiger partial charge on any atom is 0.320 e. The maximum atomic E-state index is 12.2. The number of carbonyl (C=O) groups excluding carboxylic acids is 3. The Hall–Kier alpha value is -2.21. The van der Waals surface area contributed by atoms with Gasteiger partial charge in [0.15, 0.2) is 0 Å². The van der Waals surface area contributed by atoms with Gasteiger partial charge in [-0.1, -0.05) is 19.1 Å². The molecule has 0 aliphatic carbocycles. The summed E-state index contributed by atoms with van der Waals surface area (Å²) in [6.45, 7) is 4.57. The molecule has 0 bridgehead atoms. The summed E-state index contributed by atoms with van der Waals surface area (Å²) in [5.74, 6) is -1.01. The van der Waals surface area contributed by atoms with Gasteiger partial charge in [0.25, 0.3) is 11.8 Å². The minimum Gasteiger partial charge on any atom is -0.465 e. The fraction of sp³-hybridized carbons (Fsp3) is 0.400. The first-order chi connectivity index (χ1) is 10.1. The molecule has 0 fully saturated rings. The van der Waals surface area contributed by atoms with Crippen molar-refractivity contribution in [2.24, 2.45) is 0 Å². The monoisotopic (exact) mass is 290 g/mol. The lowest BCUT2D eigenvalue weighted by Crippen LogP contribution is -2.43. The lowest BCUT2D eigenvalue weighted by Gasteiger charge is -2.24. The second kappa shape index (κ2) is 6.49. The quantitative estimate of drug-likeness (QED) is 0.580. The van der Waals surface area contributed by atoms with Crippen LogP contribution in [0.3, 0.4) is 0 Å². The molecule has 6 heteroatoms. The van der Waals surface area contributed by atoms with Gasteiger partial charge in [-0.15, -0.1) is 0 Å². The van der Waals surface area contributed by atoms with E-state index in [0.717, 1.165) is 4.90 Å². The zero-order valence-electron chi connectivity index (χ0n) is 12.2. The highest BCUT2D eigenvalue weighted by Crippen LogP contribution is 2.22. The van der Waals surface area contributed by atoms with Crippen LogP contribution in [0, 0.1) is 0 Å². The largest absolute Gasteiger partial charge is 0.465 e. The average Bonchev–Trinajstić information content (AvgIpc) is 2.72. The molecule has 21 heavy (non-hydrogen) atoms. The van der Waals surface area contributed by atoms with Crippen molar-refractivity contribution in [1.29, 1.82) is 0 Å². The summed E-state index contributed by atoms with van der Waals surface area (Å²) in [5.41, 5.74) is 0.823. The predicted molar refractivity (Wildman–Crippen MR) is 75.7 cm³/mol. The number of nitrogens with zero attached hydrogens (tertiary/aromatic N) is 2. The number of rotatable bonds is 6. The number of likely N-dealkylation sites (N-methyl/N-ethyl adjacent to an activating group) is 1. The Morgan fingerprint density at radius 1 is 1.14 bits per heavy atom. The normalized spacial score (nSPS) is 13.8. The Balaban J connectivity index is 2.08. The molecule has 6 nitrogen and oxygen atoms in total. The maximum absolute atomic E-state index is 12.2. The van der Waals surface area contributed by atoms with Crippen LogP contribution in [0.5, 0.6) is 0 Å². The van der Waals surface area contributed by atoms with Gasteiger partial charge in [-0.25, -0.2) is 0 Å². The zero-order valence-corrected chi connectivity index (χ0v) is 12.2. The van der Waals surface area contributed by atoms with Crippen molar-refractivity contribution in [2.45, 2.75) is 13.8 Å². The van der Waals surface area contributed by atoms with Gasteiger partial charge in [0.1, 0.15) is 0 Å². The molecule has 0 spiro atoms. The number of hydrogen-bond acceptors (Lipinski definition) is 5. The number of esters is 1. The third-order valence-electron chi connectivity index (χ3n) is 3.32. The van der Waals surface area contributed by atoms with Crippen LogP contribution in [0.4, 0.5) is 0 Å². The van der Waals surface area contributed by atoms with E-state index in [1.807, 2.05) is 6.92 Å². The zero-order chi connectivity index (χ0) is 15.4. The van der Waals surface area contributed by atoms with Crippen LogP contribution < -0.4 is 0 Å². The molecule has 0 atom stereocenters. The van der Waals surface area contributed by atoms with Crippen molar-refractivity contribution in [3.05, 3.63) is 35.4 Å². The van der Waals surface area contributed by atoms with E-state index in [2.05, 4.69) is 0 Å². The van der Waals surface area contributed by atoms with E-state index in [1.54, 1.807) is 36.1 Å². The molecule has 2 rings (SSSR count). The van der Waals surface area contributed by atoms with Gasteiger partial charge >= 0.3 is 5.97 Å². The number of ether oxygens (including phenoxy) is 1. The molecule has 1 aromatic carbocycles. The molecule has 0 unspecified atom stereocenters. The minimum absolute atomic E-state index is 0.0533. The fourth-order valence-electron chi connectivity index (χ4n) is 2.22. The summed E-state index contributed by atoms with van der Waals surface area (Å²) in [6, 6.07) is 6.72. The predicted octanol–water partition coefficient (Wildman–Crippen LogP) is 1.13. The number of carbonyl (C=O) groups is 3. The third-order valence-corrected chi connectivity index (χ3v) is 3.32. The van der Waals surface area contributed by atoms with Crippen LogP contribution in [0.2, 0.25) is 0 Å². The number of imide groups is 1. The standard InChI is InChI=1S/C15H18N2O4/c1-3-16(9-13(18)21-4-2)10-17-14(19)11-7-5-6-8-12(11)15(17)20/h5-8H,3-4,9-10H2,1-2H3. The number of hydrogen-bond donors (Lipinski definition) is 0. The molecular weight excluding hydrogens is 272 g/mol. The summed E-state index contributed by atoms with van der Waals surface area (Å²) in [7, 11) is 0.